The number of ether oxygens (including phenoxy) is 2. The highest BCUT2D eigenvalue weighted by molar-refractivity contribution is 8.00. The molecule has 0 unspecified atom stereocenters. The van der Waals surface area contributed by atoms with Crippen molar-refractivity contribution >= 4 is 52.7 Å². The molecule has 0 atom stereocenters. The van der Waals surface area contributed by atoms with Crippen molar-refractivity contribution in [2.24, 2.45) is 4.99 Å². The number of hydrogen-bond donors (Lipinski definition) is 2. The molecule has 0 aliphatic carbocycles. The maximum Gasteiger partial charge on any atom is 0.235 e. The number of aliphatic imine (C=N–C) groups is 1. The topological polar surface area (TPSA) is 92.3 Å². The third-order valence-corrected chi connectivity index (χ3v) is 9.53. The van der Waals surface area contributed by atoms with Gasteiger partial charge in [0.15, 0.2) is 0 Å². The van der Waals surface area contributed by atoms with Crippen molar-refractivity contribution in [1.82, 2.24) is 15.5 Å². The van der Waals surface area contributed by atoms with Crippen LogP contribution in [0.2, 0.25) is 0 Å². The Kier molecular flexibility index (Phi) is 15.4. The first-order valence-electron chi connectivity index (χ1n) is 13.9. The third kappa shape index (κ3) is 12.8. The van der Waals surface area contributed by atoms with E-state index in [1.54, 1.807) is 37.7 Å². The lowest BCUT2D eigenvalue weighted by molar-refractivity contribution is -0.123. The fraction of sp³-hybridized carbons (Fsp3) is 0.516. The summed E-state index contributed by atoms with van der Waals surface area (Å²) in [5.74, 6) is 3.05. The number of nitrogens with zero attached hydrogens (tertiary/aromatic N) is 2. The van der Waals surface area contributed by atoms with Crippen LogP contribution in [0.4, 0.5) is 0 Å². The van der Waals surface area contributed by atoms with Gasteiger partial charge in [0.2, 0.25) is 11.8 Å². The van der Waals surface area contributed by atoms with Crippen LogP contribution in [0.1, 0.15) is 38.8 Å². The lowest BCUT2D eigenvalue weighted by atomic mass is 10.2. The number of isothiocyanates is 1. The molecule has 2 aromatic carbocycles. The lowest BCUT2D eigenvalue weighted by Gasteiger charge is -2.27. The van der Waals surface area contributed by atoms with Crippen LogP contribution >= 0.6 is 35.7 Å². The van der Waals surface area contributed by atoms with Gasteiger partial charge in [-0.15, -0.1) is 23.5 Å². The Morgan fingerprint density at radius 3 is 1.55 bits per heavy atom. The summed E-state index contributed by atoms with van der Waals surface area (Å²) in [6, 6.07) is 15.8. The van der Waals surface area contributed by atoms with Crippen LogP contribution in [0.3, 0.4) is 0 Å². The third-order valence-electron chi connectivity index (χ3n) is 6.63. The molecule has 0 fully saturated rings. The zero-order chi connectivity index (χ0) is 31.0. The minimum absolute atomic E-state index is 0.0122. The van der Waals surface area contributed by atoms with E-state index in [1.165, 1.54) is 0 Å². The van der Waals surface area contributed by atoms with Gasteiger partial charge in [-0.1, -0.05) is 24.3 Å². The van der Waals surface area contributed by atoms with Crippen molar-refractivity contribution in [2.75, 3.05) is 53.5 Å². The zero-order valence-corrected chi connectivity index (χ0v) is 28.0. The number of carbonyl (C=O) groups is 2. The molecule has 8 nitrogen and oxygen atoms in total. The molecule has 0 spiro atoms. The number of rotatable bonds is 19. The number of nitrogens with one attached hydrogen (secondary N) is 2. The van der Waals surface area contributed by atoms with Gasteiger partial charge in [-0.3, -0.25) is 14.5 Å². The van der Waals surface area contributed by atoms with Crippen LogP contribution in [-0.4, -0.2) is 84.9 Å². The first-order valence-corrected chi connectivity index (χ1v) is 16.2. The van der Waals surface area contributed by atoms with E-state index in [2.05, 4.69) is 25.7 Å². The van der Waals surface area contributed by atoms with Gasteiger partial charge in [-0.2, -0.15) is 0 Å². The number of benzene rings is 2. The number of thioether (sulfide) groups is 2. The van der Waals surface area contributed by atoms with E-state index in [-0.39, 0.29) is 11.8 Å². The van der Waals surface area contributed by atoms with E-state index >= 15 is 0 Å². The van der Waals surface area contributed by atoms with E-state index in [0.29, 0.717) is 39.3 Å². The average Bonchev–Trinajstić information content (AvgIpc) is 2.99. The minimum Gasteiger partial charge on any atom is -0.497 e. The number of thiocarbonyl (C=S) groups is 1. The first-order chi connectivity index (χ1) is 20.0. The molecule has 2 aromatic rings. The molecule has 0 bridgehead atoms. The summed E-state index contributed by atoms with van der Waals surface area (Å²) < 4.78 is 9.25. The predicted molar refractivity (Wildman–Crippen MR) is 179 cm³/mol. The predicted octanol–water partition coefficient (Wildman–Crippen LogP) is 5.06. The standard InChI is InChI=1S/C31H44N4O4S3/c1-30(2,41-21-24-7-11-26(38-5)12-8-24)28(36)33-16-19-35(18-15-32-23-40)20-17-34-29(37)31(3,4)42-22-25-9-13-27(39-6)14-10-25/h7-14H,15-22H2,1-6H3,(H,33,36)(H,34,37). The van der Waals surface area contributed by atoms with E-state index in [0.717, 1.165) is 34.1 Å². The van der Waals surface area contributed by atoms with Crippen molar-refractivity contribution in [3.05, 3.63) is 59.7 Å². The average molecular weight is 633 g/mol. The molecule has 2 N–H and O–H groups in total. The van der Waals surface area contributed by atoms with Crippen LogP contribution in [0, 0.1) is 0 Å². The van der Waals surface area contributed by atoms with Crippen LogP contribution in [0.15, 0.2) is 53.5 Å². The van der Waals surface area contributed by atoms with Gasteiger partial charge in [0.1, 0.15) is 11.5 Å². The van der Waals surface area contributed by atoms with Crippen LogP contribution in [0.5, 0.6) is 11.5 Å². The summed E-state index contributed by atoms with van der Waals surface area (Å²) in [5.41, 5.74) is 2.27. The highest BCUT2D eigenvalue weighted by Gasteiger charge is 2.29. The van der Waals surface area contributed by atoms with Crippen molar-refractivity contribution < 1.29 is 19.1 Å². The molecule has 0 aliphatic heterocycles. The lowest BCUT2D eigenvalue weighted by Crippen LogP contribution is -2.46. The molecule has 42 heavy (non-hydrogen) atoms. The molecule has 230 valence electrons. The Bertz CT molecular complexity index is 1090. The largest absolute Gasteiger partial charge is 0.497 e. The van der Waals surface area contributed by atoms with E-state index in [9.17, 15) is 9.59 Å². The first kappa shape index (κ1) is 35.6. The summed E-state index contributed by atoms with van der Waals surface area (Å²) in [7, 11) is 3.29. The summed E-state index contributed by atoms with van der Waals surface area (Å²) in [4.78, 5) is 32.1. The van der Waals surface area contributed by atoms with Crippen molar-refractivity contribution in [2.45, 2.75) is 48.7 Å². The van der Waals surface area contributed by atoms with E-state index in [1.807, 2.05) is 76.2 Å². The molecule has 2 rings (SSSR count). The van der Waals surface area contributed by atoms with Gasteiger partial charge in [-0.25, -0.2) is 4.99 Å². The zero-order valence-electron chi connectivity index (χ0n) is 25.5. The van der Waals surface area contributed by atoms with Crippen LogP contribution in [0.25, 0.3) is 0 Å². The second-order valence-electron chi connectivity index (χ2n) is 10.6. The minimum atomic E-state index is -0.588. The highest BCUT2D eigenvalue weighted by atomic mass is 32.2. The fourth-order valence-electron chi connectivity index (χ4n) is 3.76. The van der Waals surface area contributed by atoms with Gasteiger partial charge in [0.05, 0.1) is 35.4 Å². The summed E-state index contributed by atoms with van der Waals surface area (Å²) in [6.45, 7) is 11.1. The number of methoxy groups -OCH3 is 2. The van der Waals surface area contributed by atoms with E-state index in [4.69, 9.17) is 21.7 Å². The van der Waals surface area contributed by atoms with Gasteiger partial charge < -0.3 is 20.1 Å². The Hall–Kier alpha value is -2.56. The van der Waals surface area contributed by atoms with Gasteiger partial charge >= 0.3 is 0 Å². The smallest absolute Gasteiger partial charge is 0.235 e. The molecule has 0 radical (unpaired) electrons. The Morgan fingerprint density at radius 2 is 1.19 bits per heavy atom. The maximum absolute atomic E-state index is 13.0. The molecule has 0 saturated heterocycles. The SMILES string of the molecule is COc1ccc(CSC(C)(C)C(=O)NCCN(CCN=C=S)CCNC(=O)C(C)(C)SCc2ccc(OC)cc2)cc1. The summed E-state index contributed by atoms with van der Waals surface area (Å²) in [6.07, 6.45) is 0. The second kappa shape index (κ2) is 18.2. The molecule has 0 heterocycles. The van der Waals surface area contributed by atoms with Crippen molar-refractivity contribution in [3.8, 4) is 11.5 Å². The molecule has 0 saturated carbocycles. The fourth-order valence-corrected chi connectivity index (χ4v) is 5.69. The second-order valence-corrected chi connectivity index (χ2v) is 14.0. The Morgan fingerprint density at radius 1 is 0.786 bits per heavy atom. The maximum atomic E-state index is 13.0. The molecular weight excluding hydrogens is 589 g/mol. The van der Waals surface area contributed by atoms with Gasteiger partial charge in [0, 0.05) is 44.2 Å². The Labute approximate surface area is 264 Å². The summed E-state index contributed by atoms with van der Waals surface area (Å²) in [5, 5.41) is 8.55. The molecule has 2 amide bonds. The molecular formula is C31H44N4O4S3. The monoisotopic (exact) mass is 632 g/mol. The van der Waals surface area contributed by atoms with Gasteiger partial charge in [-0.05, 0) is 75.3 Å². The number of amides is 2. The van der Waals surface area contributed by atoms with Crippen LogP contribution < -0.4 is 20.1 Å². The van der Waals surface area contributed by atoms with Gasteiger partial charge in [0.25, 0.3) is 0 Å². The highest BCUT2D eigenvalue weighted by Crippen LogP contribution is 2.30. The van der Waals surface area contributed by atoms with E-state index < -0.39 is 9.49 Å². The number of hydrogen-bond acceptors (Lipinski definition) is 9. The normalized spacial score (nSPS) is 11.5. The number of carbonyl (C=O) groups excluding carboxylic acids is 2. The van der Waals surface area contributed by atoms with Crippen molar-refractivity contribution in [3.63, 3.8) is 0 Å². The molecule has 0 aromatic heterocycles. The molecule has 11 heteroatoms. The van der Waals surface area contributed by atoms with Crippen LogP contribution in [-0.2, 0) is 21.1 Å². The molecule has 0 aliphatic rings. The van der Waals surface area contributed by atoms with Crippen molar-refractivity contribution in [1.29, 1.82) is 0 Å². The summed E-state index contributed by atoms with van der Waals surface area (Å²) >= 11 is 7.90. The Balaban J connectivity index is 1.79. The quantitative estimate of drug-likeness (QED) is 0.164.